The van der Waals surface area contributed by atoms with Crippen molar-refractivity contribution in [3.05, 3.63) is 119 Å². The van der Waals surface area contributed by atoms with Gasteiger partial charge in [0, 0.05) is 23.0 Å². The van der Waals surface area contributed by atoms with E-state index in [2.05, 4.69) is 0 Å². The van der Waals surface area contributed by atoms with E-state index in [9.17, 15) is 26.3 Å². The summed E-state index contributed by atoms with van der Waals surface area (Å²) in [6, 6.07) is 17.8. The van der Waals surface area contributed by atoms with Gasteiger partial charge in [0.2, 0.25) is 0 Å². The fourth-order valence-corrected chi connectivity index (χ4v) is 4.69. The Morgan fingerprint density at radius 2 is 0.705 bits per heavy atom. The van der Waals surface area contributed by atoms with Gasteiger partial charge in [-0.05, 0) is 46.5 Å². The van der Waals surface area contributed by atoms with Crippen LogP contribution < -0.4 is 0 Å². The Hall–Kier alpha value is -3.70. The summed E-state index contributed by atoms with van der Waals surface area (Å²) in [6.45, 7) is 6.58. The summed E-state index contributed by atoms with van der Waals surface area (Å²) >= 11 is 0. The van der Waals surface area contributed by atoms with Gasteiger partial charge in [-0.2, -0.15) is 0 Å². The maximum atomic E-state index is 13.3. The van der Waals surface area contributed by atoms with Gasteiger partial charge in [0.05, 0.1) is 26.4 Å². The summed E-state index contributed by atoms with van der Waals surface area (Å²) in [5.74, 6) is -7.00. The molecule has 0 bridgehead atoms. The lowest BCUT2D eigenvalue weighted by atomic mass is 10.0. The van der Waals surface area contributed by atoms with Crippen molar-refractivity contribution in [3.8, 4) is 22.3 Å². The standard InChI is InChI=1S/2C17H15F3O2/c2*1-10-8-21-17(22-9-10)12-4-2-11(3-5-12)13-6-14(18)16(20)15(19)7-13/h2*2-7,10,17H,8-9H2,1H3. The molecule has 0 radical (unpaired) electrons. The molecule has 0 amide bonds. The van der Waals surface area contributed by atoms with Gasteiger partial charge >= 0.3 is 0 Å². The number of hydrogen-bond donors (Lipinski definition) is 0. The minimum atomic E-state index is -1.46. The summed E-state index contributed by atoms with van der Waals surface area (Å²) < 4.78 is 101. The number of rotatable bonds is 4. The van der Waals surface area contributed by atoms with Crippen molar-refractivity contribution in [2.24, 2.45) is 11.8 Å². The van der Waals surface area contributed by atoms with Crippen LogP contribution in [0, 0.1) is 46.7 Å². The van der Waals surface area contributed by atoms with Crippen LogP contribution in [-0.2, 0) is 18.9 Å². The van der Waals surface area contributed by atoms with Crippen LogP contribution in [0.15, 0.2) is 72.8 Å². The zero-order valence-electron chi connectivity index (χ0n) is 24.0. The van der Waals surface area contributed by atoms with Crippen LogP contribution in [0.5, 0.6) is 0 Å². The van der Waals surface area contributed by atoms with Gasteiger partial charge in [-0.3, -0.25) is 0 Å². The van der Waals surface area contributed by atoms with Crippen LogP contribution in [0.25, 0.3) is 22.3 Å². The van der Waals surface area contributed by atoms with E-state index >= 15 is 0 Å². The van der Waals surface area contributed by atoms with Gasteiger partial charge in [0.15, 0.2) is 47.5 Å². The van der Waals surface area contributed by atoms with E-state index in [1.165, 1.54) is 0 Å². The first-order valence-corrected chi connectivity index (χ1v) is 14.0. The third-order valence-electron chi connectivity index (χ3n) is 7.13. The van der Waals surface area contributed by atoms with Crippen LogP contribution in [0.1, 0.15) is 37.6 Å². The summed E-state index contributed by atoms with van der Waals surface area (Å²) in [5, 5.41) is 0. The first-order chi connectivity index (χ1) is 21.1. The molecule has 0 unspecified atom stereocenters. The molecule has 4 nitrogen and oxygen atoms in total. The molecular weight excluding hydrogens is 586 g/mol. The lowest BCUT2D eigenvalue weighted by Crippen LogP contribution is -2.24. The van der Waals surface area contributed by atoms with Gasteiger partial charge in [-0.25, -0.2) is 26.3 Å². The lowest BCUT2D eigenvalue weighted by molar-refractivity contribution is -0.202. The fraction of sp³-hybridized carbons (Fsp3) is 0.294. The first-order valence-electron chi connectivity index (χ1n) is 14.0. The first kappa shape index (κ1) is 31.7. The van der Waals surface area contributed by atoms with Crippen LogP contribution in [0.4, 0.5) is 26.3 Å². The molecule has 0 N–H and O–H groups in total. The SMILES string of the molecule is CC1COC(c2ccc(-c3cc(F)c(F)c(F)c3)cc2)OC1.CC1COC(c2ccc(-c3cc(F)c(F)c(F)c3)cc2)OC1. The predicted molar refractivity (Wildman–Crippen MR) is 151 cm³/mol. The third kappa shape index (κ3) is 7.50. The minimum Gasteiger partial charge on any atom is -0.348 e. The van der Waals surface area contributed by atoms with Gasteiger partial charge in [0.1, 0.15) is 0 Å². The molecule has 0 spiro atoms. The summed E-state index contributed by atoms with van der Waals surface area (Å²) in [4.78, 5) is 0. The van der Waals surface area contributed by atoms with Gasteiger partial charge in [-0.1, -0.05) is 62.4 Å². The second kappa shape index (κ2) is 13.9. The summed E-state index contributed by atoms with van der Waals surface area (Å²) in [6.07, 6.45) is -0.848. The highest BCUT2D eigenvalue weighted by molar-refractivity contribution is 5.64. The van der Waals surface area contributed by atoms with Crippen molar-refractivity contribution in [2.75, 3.05) is 26.4 Å². The smallest absolute Gasteiger partial charge is 0.194 e. The number of ether oxygens (including phenoxy) is 4. The van der Waals surface area contributed by atoms with Crippen molar-refractivity contribution in [1.82, 2.24) is 0 Å². The highest BCUT2D eigenvalue weighted by Gasteiger charge is 2.22. The van der Waals surface area contributed by atoms with E-state index in [0.29, 0.717) is 49.4 Å². The largest absolute Gasteiger partial charge is 0.348 e. The van der Waals surface area contributed by atoms with Gasteiger partial charge < -0.3 is 18.9 Å². The van der Waals surface area contributed by atoms with E-state index < -0.39 is 47.5 Å². The van der Waals surface area contributed by atoms with Crippen molar-refractivity contribution in [1.29, 1.82) is 0 Å². The molecule has 2 aliphatic heterocycles. The average Bonchev–Trinajstić information content (AvgIpc) is 3.03. The molecule has 6 rings (SSSR count). The topological polar surface area (TPSA) is 36.9 Å². The molecule has 4 aromatic carbocycles. The van der Waals surface area contributed by atoms with Crippen LogP contribution in [-0.4, -0.2) is 26.4 Å². The maximum absolute atomic E-state index is 13.3. The zero-order valence-corrected chi connectivity index (χ0v) is 24.0. The van der Waals surface area contributed by atoms with Gasteiger partial charge in [0.25, 0.3) is 0 Å². The number of halogens is 6. The van der Waals surface area contributed by atoms with E-state index in [-0.39, 0.29) is 11.1 Å². The van der Waals surface area contributed by atoms with Crippen molar-refractivity contribution < 1.29 is 45.3 Å². The van der Waals surface area contributed by atoms with E-state index in [1.807, 2.05) is 13.8 Å². The summed E-state index contributed by atoms with van der Waals surface area (Å²) in [7, 11) is 0. The average molecular weight is 617 g/mol. The highest BCUT2D eigenvalue weighted by Crippen LogP contribution is 2.30. The highest BCUT2D eigenvalue weighted by atomic mass is 19.2. The number of hydrogen-bond acceptors (Lipinski definition) is 4. The molecule has 0 aliphatic carbocycles. The van der Waals surface area contributed by atoms with E-state index in [4.69, 9.17) is 18.9 Å². The fourth-order valence-electron chi connectivity index (χ4n) is 4.69. The Kier molecular flexibility index (Phi) is 10.1. The molecule has 2 heterocycles. The zero-order chi connectivity index (χ0) is 31.4. The Morgan fingerprint density at radius 1 is 0.432 bits per heavy atom. The Balaban J connectivity index is 0.000000175. The second-order valence-corrected chi connectivity index (χ2v) is 11.0. The summed E-state index contributed by atoms with van der Waals surface area (Å²) in [5.41, 5.74) is 3.40. The van der Waals surface area contributed by atoms with Crippen molar-refractivity contribution >= 4 is 0 Å². The normalized spacial score (nSPS) is 21.8. The molecule has 44 heavy (non-hydrogen) atoms. The van der Waals surface area contributed by atoms with Gasteiger partial charge in [-0.15, -0.1) is 0 Å². The van der Waals surface area contributed by atoms with Crippen molar-refractivity contribution in [3.63, 3.8) is 0 Å². The monoisotopic (exact) mass is 616 g/mol. The molecule has 10 heteroatoms. The number of benzene rings is 4. The van der Waals surface area contributed by atoms with E-state index in [0.717, 1.165) is 35.4 Å². The molecule has 0 saturated carbocycles. The Bertz CT molecular complexity index is 1400. The molecule has 0 aromatic heterocycles. The maximum Gasteiger partial charge on any atom is 0.194 e. The van der Waals surface area contributed by atoms with Crippen LogP contribution in [0.3, 0.4) is 0 Å². The minimum absolute atomic E-state index is 0.280. The van der Waals surface area contributed by atoms with Crippen LogP contribution >= 0.6 is 0 Å². The third-order valence-corrected chi connectivity index (χ3v) is 7.13. The second-order valence-electron chi connectivity index (χ2n) is 11.0. The Morgan fingerprint density at radius 3 is 0.977 bits per heavy atom. The quantitative estimate of drug-likeness (QED) is 0.170. The van der Waals surface area contributed by atoms with Crippen molar-refractivity contribution in [2.45, 2.75) is 26.4 Å². The lowest BCUT2D eigenvalue weighted by Gasteiger charge is -2.27. The molecule has 2 fully saturated rings. The molecule has 2 aliphatic rings. The Labute approximate surface area is 251 Å². The molecule has 232 valence electrons. The molecule has 0 atom stereocenters. The molecule has 4 aromatic rings. The van der Waals surface area contributed by atoms with E-state index in [1.54, 1.807) is 48.5 Å². The predicted octanol–water partition coefficient (Wildman–Crippen LogP) is 8.90. The molecule has 2 saturated heterocycles. The van der Waals surface area contributed by atoms with Crippen LogP contribution in [0.2, 0.25) is 0 Å². The molecular formula is C34H30F6O4.